The molecule has 0 bridgehead atoms. The molecule has 0 N–H and O–H groups in total. The quantitative estimate of drug-likeness (QED) is 0.379. The second kappa shape index (κ2) is 7.09. The Labute approximate surface area is 169 Å². The molecule has 0 unspecified atom stereocenters. The number of hydrogen-bond donors (Lipinski definition) is 0. The molecular weight excluding hydrogens is 336 g/mol. The topological polar surface area (TPSA) is 0 Å². The van der Waals surface area contributed by atoms with Crippen molar-refractivity contribution in [2.45, 2.75) is 46.0 Å². The third kappa shape index (κ3) is 3.56. The van der Waals surface area contributed by atoms with E-state index in [0.29, 0.717) is 5.41 Å². The van der Waals surface area contributed by atoms with Crippen molar-refractivity contribution in [3.05, 3.63) is 102 Å². The Hall–Kier alpha value is -2.60. The molecule has 3 aromatic carbocycles. The number of allylic oxidation sites excluding steroid dienone is 4. The van der Waals surface area contributed by atoms with E-state index >= 15 is 0 Å². The van der Waals surface area contributed by atoms with Crippen LogP contribution in [0.3, 0.4) is 0 Å². The number of fused-ring (bicyclic) bond motifs is 4. The van der Waals surface area contributed by atoms with Gasteiger partial charge in [0.1, 0.15) is 0 Å². The Morgan fingerprint density at radius 2 is 1.32 bits per heavy atom. The third-order valence-electron chi connectivity index (χ3n) is 5.97. The Bertz CT molecular complexity index is 1020. The normalized spacial score (nSPS) is 18.7. The van der Waals surface area contributed by atoms with Crippen molar-refractivity contribution in [1.29, 1.82) is 0 Å². The van der Waals surface area contributed by atoms with Gasteiger partial charge in [-0.05, 0) is 51.1 Å². The summed E-state index contributed by atoms with van der Waals surface area (Å²) in [5, 5.41) is 2.79. The average molecular weight is 367 g/mol. The summed E-state index contributed by atoms with van der Waals surface area (Å²) in [5.74, 6) is 0. The molecule has 0 spiro atoms. The molecule has 2 aliphatic carbocycles. The van der Waals surface area contributed by atoms with E-state index in [4.69, 9.17) is 0 Å². The van der Waals surface area contributed by atoms with Gasteiger partial charge in [0.25, 0.3) is 0 Å². The molecule has 3 aromatic rings. The van der Waals surface area contributed by atoms with Crippen LogP contribution in [0.25, 0.3) is 16.3 Å². The number of benzene rings is 3. The largest absolute Gasteiger partial charge is 0.0779 e. The summed E-state index contributed by atoms with van der Waals surface area (Å²) in [7, 11) is 0. The second-order valence-electron chi connectivity index (χ2n) is 9.44. The summed E-state index contributed by atoms with van der Waals surface area (Å²) in [6.07, 6.45) is 7.14. The van der Waals surface area contributed by atoms with Gasteiger partial charge in [-0.3, -0.25) is 0 Å². The van der Waals surface area contributed by atoms with Crippen LogP contribution in [0, 0.1) is 5.41 Å². The van der Waals surface area contributed by atoms with Crippen LogP contribution in [0.4, 0.5) is 0 Å². The van der Waals surface area contributed by atoms with Gasteiger partial charge in [0.2, 0.25) is 0 Å². The zero-order valence-electron chi connectivity index (χ0n) is 17.5. The van der Waals surface area contributed by atoms with E-state index in [1.54, 1.807) is 5.57 Å². The highest BCUT2D eigenvalue weighted by Crippen LogP contribution is 2.50. The maximum atomic E-state index is 2.41. The number of rotatable bonds is 0. The van der Waals surface area contributed by atoms with Crippen LogP contribution >= 0.6 is 0 Å². The fourth-order valence-corrected chi connectivity index (χ4v) is 4.80. The van der Waals surface area contributed by atoms with Crippen molar-refractivity contribution in [3.8, 4) is 0 Å². The fourth-order valence-electron chi connectivity index (χ4n) is 4.80. The SMILES string of the molecule is CC1(C)C=CC2=C(C1)CC(C)(C)c1c2ccc2ccccc12.c1ccccc1. The zero-order valence-corrected chi connectivity index (χ0v) is 17.5. The lowest BCUT2D eigenvalue weighted by atomic mass is 9.64. The van der Waals surface area contributed by atoms with Gasteiger partial charge in [-0.1, -0.05) is 118 Å². The summed E-state index contributed by atoms with van der Waals surface area (Å²) in [6, 6.07) is 25.5. The Morgan fingerprint density at radius 3 is 2.00 bits per heavy atom. The molecule has 0 atom stereocenters. The molecule has 0 heterocycles. The lowest BCUT2D eigenvalue weighted by Crippen LogP contribution is -2.27. The highest BCUT2D eigenvalue weighted by atomic mass is 14.4. The molecule has 2 aliphatic rings. The first-order valence-corrected chi connectivity index (χ1v) is 10.3. The monoisotopic (exact) mass is 366 g/mol. The molecule has 0 saturated carbocycles. The molecular formula is C28H30. The summed E-state index contributed by atoms with van der Waals surface area (Å²) >= 11 is 0. The summed E-state index contributed by atoms with van der Waals surface area (Å²) in [4.78, 5) is 0. The molecule has 0 amide bonds. The van der Waals surface area contributed by atoms with Gasteiger partial charge in [-0.2, -0.15) is 0 Å². The summed E-state index contributed by atoms with van der Waals surface area (Å²) in [6.45, 7) is 9.51. The van der Waals surface area contributed by atoms with E-state index in [9.17, 15) is 0 Å². The van der Waals surface area contributed by atoms with Crippen molar-refractivity contribution >= 4 is 16.3 Å². The highest BCUT2D eigenvalue weighted by Gasteiger charge is 2.36. The van der Waals surface area contributed by atoms with Gasteiger partial charge in [-0.25, -0.2) is 0 Å². The fraction of sp³-hybridized carbons (Fsp3) is 0.286. The van der Waals surface area contributed by atoms with Crippen molar-refractivity contribution in [2.24, 2.45) is 5.41 Å². The van der Waals surface area contributed by atoms with Crippen molar-refractivity contribution in [3.63, 3.8) is 0 Å². The van der Waals surface area contributed by atoms with Crippen molar-refractivity contribution < 1.29 is 0 Å². The lowest BCUT2D eigenvalue weighted by molar-refractivity contribution is 0.429. The second-order valence-corrected chi connectivity index (χ2v) is 9.44. The average Bonchev–Trinajstić information content (AvgIpc) is 2.68. The first-order valence-electron chi connectivity index (χ1n) is 10.3. The molecule has 0 aliphatic heterocycles. The van der Waals surface area contributed by atoms with Crippen LogP contribution in [0.2, 0.25) is 0 Å². The van der Waals surface area contributed by atoms with E-state index < -0.39 is 0 Å². The molecule has 28 heavy (non-hydrogen) atoms. The molecule has 0 saturated heterocycles. The predicted molar refractivity (Wildman–Crippen MR) is 122 cm³/mol. The van der Waals surface area contributed by atoms with Gasteiger partial charge in [0.05, 0.1) is 0 Å². The Kier molecular flexibility index (Phi) is 4.75. The molecule has 5 rings (SSSR count). The van der Waals surface area contributed by atoms with Crippen LogP contribution in [-0.2, 0) is 5.41 Å². The minimum atomic E-state index is 0.205. The van der Waals surface area contributed by atoms with E-state index in [1.165, 1.54) is 40.3 Å². The molecule has 0 radical (unpaired) electrons. The minimum absolute atomic E-state index is 0.205. The highest BCUT2D eigenvalue weighted by molar-refractivity contribution is 5.95. The predicted octanol–water partition coefficient (Wildman–Crippen LogP) is 7.95. The van der Waals surface area contributed by atoms with Crippen LogP contribution in [-0.4, -0.2) is 0 Å². The Morgan fingerprint density at radius 1 is 0.679 bits per heavy atom. The molecule has 0 nitrogen and oxygen atoms in total. The number of hydrogen-bond acceptors (Lipinski definition) is 0. The first kappa shape index (κ1) is 18.7. The smallest absolute Gasteiger partial charge is 0.00538 e. The first-order chi connectivity index (χ1) is 13.4. The zero-order chi connectivity index (χ0) is 19.8. The van der Waals surface area contributed by atoms with Crippen LogP contribution in [0.5, 0.6) is 0 Å². The van der Waals surface area contributed by atoms with Gasteiger partial charge in [0.15, 0.2) is 0 Å². The van der Waals surface area contributed by atoms with E-state index in [2.05, 4.69) is 76.2 Å². The molecule has 0 heteroatoms. The third-order valence-corrected chi connectivity index (χ3v) is 5.97. The van der Waals surface area contributed by atoms with Gasteiger partial charge in [0, 0.05) is 0 Å². The summed E-state index contributed by atoms with van der Waals surface area (Å²) < 4.78 is 0. The summed E-state index contributed by atoms with van der Waals surface area (Å²) in [5.41, 5.74) is 6.62. The van der Waals surface area contributed by atoms with E-state index in [1.807, 2.05) is 36.4 Å². The molecule has 0 aromatic heterocycles. The maximum Gasteiger partial charge on any atom is -0.00538 e. The standard InChI is InChI=1S/C22H24.C6H6/c1-21(2)12-11-17-16(13-21)14-22(3,4)20-18-8-6-5-7-15(18)9-10-19(17)20;1-2-4-6-5-3-1/h5-12H,13-14H2,1-4H3;1-6H. The van der Waals surface area contributed by atoms with Gasteiger partial charge >= 0.3 is 0 Å². The molecule has 0 fully saturated rings. The van der Waals surface area contributed by atoms with Crippen molar-refractivity contribution in [2.75, 3.05) is 0 Å². The van der Waals surface area contributed by atoms with Crippen LogP contribution in [0.15, 0.2) is 90.5 Å². The van der Waals surface area contributed by atoms with E-state index in [0.717, 1.165) is 0 Å². The lowest BCUT2D eigenvalue weighted by Gasteiger charge is -2.40. The Balaban J connectivity index is 0.000000275. The van der Waals surface area contributed by atoms with Crippen LogP contribution < -0.4 is 0 Å². The van der Waals surface area contributed by atoms with Gasteiger partial charge < -0.3 is 0 Å². The van der Waals surface area contributed by atoms with Crippen LogP contribution in [0.1, 0.15) is 51.7 Å². The minimum Gasteiger partial charge on any atom is -0.0779 e. The van der Waals surface area contributed by atoms with E-state index in [-0.39, 0.29) is 5.41 Å². The maximum absolute atomic E-state index is 2.41. The molecule has 142 valence electrons. The van der Waals surface area contributed by atoms with Crippen molar-refractivity contribution in [1.82, 2.24) is 0 Å². The van der Waals surface area contributed by atoms with Gasteiger partial charge in [-0.15, -0.1) is 0 Å².